The Kier molecular flexibility index (Phi) is 2.41. The average Bonchev–Trinajstić information content (AvgIpc) is 2.74. The topological polar surface area (TPSA) is 3.88 Å². The largest absolute Gasteiger partial charge is 0.202 e. The van der Waals surface area contributed by atoms with E-state index in [4.69, 9.17) is 11.6 Å². The predicted molar refractivity (Wildman–Crippen MR) is 64.5 cm³/mol. The van der Waals surface area contributed by atoms with Crippen LogP contribution in [0, 0.1) is 0 Å². The zero-order valence-electron chi connectivity index (χ0n) is 8.94. The van der Waals surface area contributed by atoms with Crippen LogP contribution in [0.25, 0.3) is 0 Å². The number of pyridine rings is 1. The van der Waals surface area contributed by atoms with Gasteiger partial charge >= 0.3 is 0 Å². The molecule has 0 saturated heterocycles. The molecule has 0 spiro atoms. The van der Waals surface area contributed by atoms with Crippen LogP contribution >= 0.6 is 11.6 Å². The van der Waals surface area contributed by atoms with Crippen molar-refractivity contribution in [2.75, 3.05) is 0 Å². The molecule has 2 aromatic rings. The third kappa shape index (κ3) is 1.61. The molecule has 2 heterocycles. The molecule has 1 atom stereocenters. The summed E-state index contributed by atoms with van der Waals surface area (Å²) in [6.07, 6.45) is 3.34. The molecular weight excluding hydrogens is 218 g/mol. The van der Waals surface area contributed by atoms with Gasteiger partial charge in [0.05, 0.1) is 5.92 Å². The number of benzene rings is 1. The summed E-state index contributed by atoms with van der Waals surface area (Å²) >= 11 is 5.91. The lowest BCUT2D eigenvalue weighted by Crippen LogP contribution is -2.32. The summed E-state index contributed by atoms with van der Waals surface area (Å²) in [5.41, 5.74) is 2.77. The Labute approximate surface area is 100 Å². The van der Waals surface area contributed by atoms with Crippen LogP contribution in [0.2, 0.25) is 5.02 Å². The van der Waals surface area contributed by atoms with Crippen LogP contribution in [0.3, 0.4) is 0 Å². The van der Waals surface area contributed by atoms with E-state index < -0.39 is 0 Å². The van der Waals surface area contributed by atoms with Gasteiger partial charge in [-0.1, -0.05) is 29.8 Å². The average molecular weight is 231 g/mol. The Morgan fingerprint density at radius 3 is 2.69 bits per heavy atom. The van der Waals surface area contributed by atoms with Crippen molar-refractivity contribution < 1.29 is 4.57 Å². The van der Waals surface area contributed by atoms with Gasteiger partial charge in [0, 0.05) is 23.6 Å². The number of aromatic nitrogens is 1. The smallest absolute Gasteiger partial charge is 0.189 e. The normalized spacial score (nSPS) is 18.4. The van der Waals surface area contributed by atoms with Crippen LogP contribution in [0.5, 0.6) is 0 Å². The van der Waals surface area contributed by atoms with E-state index in [-0.39, 0.29) is 0 Å². The molecule has 0 amide bonds. The van der Waals surface area contributed by atoms with Crippen molar-refractivity contribution >= 4 is 11.6 Å². The maximum atomic E-state index is 5.91. The first-order chi connectivity index (χ1) is 7.84. The molecule has 3 rings (SSSR count). The van der Waals surface area contributed by atoms with E-state index in [0.717, 1.165) is 11.6 Å². The first kappa shape index (κ1) is 9.86. The minimum absolute atomic E-state index is 0.526. The van der Waals surface area contributed by atoms with Crippen molar-refractivity contribution in [3.05, 3.63) is 64.9 Å². The van der Waals surface area contributed by atoms with E-state index in [1.54, 1.807) is 0 Å². The summed E-state index contributed by atoms with van der Waals surface area (Å²) in [5.74, 6) is 0.526. The summed E-state index contributed by atoms with van der Waals surface area (Å²) in [6.45, 7) is 1.11. The maximum absolute atomic E-state index is 5.91. The zero-order chi connectivity index (χ0) is 11.0. The fraction of sp³-hybridized carbons (Fsp3) is 0.214. The lowest BCUT2D eigenvalue weighted by Gasteiger charge is -2.06. The molecule has 1 aliphatic heterocycles. The van der Waals surface area contributed by atoms with Crippen molar-refractivity contribution in [1.82, 2.24) is 0 Å². The summed E-state index contributed by atoms with van der Waals surface area (Å²) in [5, 5.41) is 0.808. The SMILES string of the molecule is Clc1ccc(C2CC[n+]3ccccc32)cc1. The first-order valence-corrected chi connectivity index (χ1v) is 5.96. The second kappa shape index (κ2) is 3.91. The van der Waals surface area contributed by atoms with E-state index in [1.807, 2.05) is 12.1 Å². The molecule has 0 aliphatic carbocycles. The van der Waals surface area contributed by atoms with Gasteiger partial charge < -0.3 is 0 Å². The van der Waals surface area contributed by atoms with Crippen molar-refractivity contribution in [2.45, 2.75) is 18.9 Å². The third-order valence-corrected chi connectivity index (χ3v) is 3.52. The Morgan fingerprint density at radius 2 is 1.88 bits per heavy atom. The van der Waals surface area contributed by atoms with E-state index in [9.17, 15) is 0 Å². The van der Waals surface area contributed by atoms with Gasteiger partial charge in [0.1, 0.15) is 6.54 Å². The molecule has 1 aromatic carbocycles. The molecule has 0 bridgehead atoms. The summed E-state index contributed by atoms with van der Waals surface area (Å²) < 4.78 is 2.33. The van der Waals surface area contributed by atoms with Crippen LogP contribution in [0.4, 0.5) is 0 Å². The van der Waals surface area contributed by atoms with Gasteiger partial charge in [-0.25, -0.2) is 4.57 Å². The maximum Gasteiger partial charge on any atom is 0.189 e. The lowest BCUT2D eigenvalue weighted by atomic mass is 9.95. The van der Waals surface area contributed by atoms with Crippen molar-refractivity contribution in [1.29, 1.82) is 0 Å². The van der Waals surface area contributed by atoms with Gasteiger partial charge in [-0.3, -0.25) is 0 Å². The van der Waals surface area contributed by atoms with Gasteiger partial charge in [-0.05, 0) is 17.7 Å². The zero-order valence-corrected chi connectivity index (χ0v) is 9.69. The van der Waals surface area contributed by atoms with E-state index >= 15 is 0 Å². The molecule has 2 heteroatoms. The van der Waals surface area contributed by atoms with Crippen LogP contribution in [-0.4, -0.2) is 0 Å². The number of fused-ring (bicyclic) bond motifs is 1. The molecule has 1 aliphatic rings. The number of rotatable bonds is 1. The second-order valence-electron chi connectivity index (χ2n) is 4.21. The van der Waals surface area contributed by atoms with Gasteiger partial charge in [0.2, 0.25) is 0 Å². The van der Waals surface area contributed by atoms with Crippen LogP contribution in [0.15, 0.2) is 48.7 Å². The Morgan fingerprint density at radius 1 is 1.06 bits per heavy atom. The highest BCUT2D eigenvalue weighted by Crippen LogP contribution is 2.30. The quantitative estimate of drug-likeness (QED) is 0.663. The lowest BCUT2D eigenvalue weighted by molar-refractivity contribution is -0.691. The molecule has 1 unspecified atom stereocenters. The Bertz CT molecular complexity index is 504. The monoisotopic (exact) mass is 230 g/mol. The minimum Gasteiger partial charge on any atom is -0.202 e. The van der Waals surface area contributed by atoms with Crippen LogP contribution in [-0.2, 0) is 6.54 Å². The molecule has 1 aromatic heterocycles. The Balaban J connectivity index is 2.01. The number of hydrogen-bond acceptors (Lipinski definition) is 0. The highest BCUT2D eigenvalue weighted by Gasteiger charge is 2.30. The van der Waals surface area contributed by atoms with Crippen LogP contribution < -0.4 is 4.57 Å². The number of halogens is 1. The molecule has 1 nitrogen and oxygen atoms in total. The minimum atomic E-state index is 0.526. The molecule has 0 radical (unpaired) electrons. The van der Waals surface area contributed by atoms with Crippen molar-refractivity contribution in [3.8, 4) is 0 Å². The van der Waals surface area contributed by atoms with Crippen molar-refractivity contribution in [2.24, 2.45) is 0 Å². The Hall–Kier alpha value is -1.34. The van der Waals surface area contributed by atoms with E-state index in [1.165, 1.54) is 17.7 Å². The number of aryl methyl sites for hydroxylation is 1. The molecule has 0 fully saturated rings. The third-order valence-electron chi connectivity index (χ3n) is 3.26. The van der Waals surface area contributed by atoms with E-state index in [0.29, 0.717) is 5.92 Å². The van der Waals surface area contributed by atoms with Crippen LogP contribution in [0.1, 0.15) is 23.6 Å². The highest BCUT2D eigenvalue weighted by molar-refractivity contribution is 6.30. The number of nitrogens with zero attached hydrogens (tertiary/aromatic N) is 1. The standard InChI is InChI=1S/C14H13ClN/c15-12-6-4-11(5-7-12)13-8-10-16-9-2-1-3-14(13)16/h1-7,9,13H,8,10H2/q+1. The fourth-order valence-corrected chi connectivity index (χ4v) is 2.58. The summed E-state index contributed by atoms with van der Waals surface area (Å²) in [4.78, 5) is 0. The second-order valence-corrected chi connectivity index (χ2v) is 4.65. The molecule has 16 heavy (non-hydrogen) atoms. The van der Waals surface area contributed by atoms with Crippen molar-refractivity contribution in [3.63, 3.8) is 0 Å². The molecular formula is C14H13ClN+. The highest BCUT2D eigenvalue weighted by atomic mass is 35.5. The van der Waals surface area contributed by atoms with Gasteiger partial charge in [0.15, 0.2) is 11.9 Å². The first-order valence-electron chi connectivity index (χ1n) is 5.58. The molecule has 80 valence electrons. The summed E-state index contributed by atoms with van der Waals surface area (Å²) in [6, 6.07) is 14.6. The van der Waals surface area contributed by atoms with Gasteiger partial charge in [0.25, 0.3) is 0 Å². The molecule has 0 saturated carbocycles. The molecule has 0 N–H and O–H groups in total. The summed E-state index contributed by atoms with van der Waals surface area (Å²) in [7, 11) is 0. The number of hydrogen-bond donors (Lipinski definition) is 0. The van der Waals surface area contributed by atoms with Gasteiger partial charge in [-0.15, -0.1) is 0 Å². The van der Waals surface area contributed by atoms with E-state index in [2.05, 4.69) is 41.1 Å². The van der Waals surface area contributed by atoms with Gasteiger partial charge in [-0.2, -0.15) is 0 Å². The fourth-order valence-electron chi connectivity index (χ4n) is 2.46. The predicted octanol–water partition coefficient (Wildman–Crippen LogP) is 3.16.